The van der Waals surface area contributed by atoms with E-state index in [4.69, 9.17) is 0 Å². The monoisotopic (exact) mass is 482 g/mol. The van der Waals surface area contributed by atoms with Crippen molar-refractivity contribution in [2.24, 2.45) is 5.92 Å². The molecule has 2 atom stereocenters. The lowest BCUT2D eigenvalue weighted by molar-refractivity contribution is 0.193. The molecule has 4 rings (SSSR count). The summed E-state index contributed by atoms with van der Waals surface area (Å²) in [6.07, 6.45) is 4.26. The Bertz CT molecular complexity index is 1010. The summed E-state index contributed by atoms with van der Waals surface area (Å²) in [7, 11) is 1.84. The first-order valence-corrected chi connectivity index (χ1v) is 11.3. The van der Waals surface area contributed by atoms with E-state index in [9.17, 15) is 4.79 Å². The highest BCUT2D eigenvalue weighted by Gasteiger charge is 2.24. The van der Waals surface area contributed by atoms with Gasteiger partial charge in [0, 0.05) is 36.8 Å². The molecule has 0 spiro atoms. The second-order valence-electron chi connectivity index (χ2n) is 7.99. The lowest BCUT2D eigenvalue weighted by Gasteiger charge is -2.26. The third-order valence-electron chi connectivity index (χ3n) is 5.96. The Balaban J connectivity index is 1.28. The van der Waals surface area contributed by atoms with Crippen LogP contribution in [0.1, 0.15) is 24.9 Å². The maximum absolute atomic E-state index is 12.7. The Kier molecular flexibility index (Phi) is 6.56. The summed E-state index contributed by atoms with van der Waals surface area (Å²) in [6.45, 7) is 4.70. The van der Waals surface area contributed by atoms with Crippen LogP contribution in [0.3, 0.4) is 0 Å². The molecule has 8 heteroatoms. The Hall–Kier alpha value is -2.87. The number of benzene rings is 2. The van der Waals surface area contributed by atoms with Gasteiger partial charge in [-0.25, -0.2) is 14.5 Å². The van der Waals surface area contributed by atoms with Crippen molar-refractivity contribution in [3.63, 3.8) is 0 Å². The summed E-state index contributed by atoms with van der Waals surface area (Å²) in [6, 6.07) is 16.3. The Morgan fingerprint density at radius 3 is 2.77 bits per heavy atom. The molecule has 0 saturated carbocycles. The number of hydrogen-bond donors (Lipinski definition) is 1. The molecule has 1 aromatic heterocycles. The predicted octanol–water partition coefficient (Wildman–Crippen LogP) is 4.26. The van der Waals surface area contributed by atoms with Crippen molar-refractivity contribution in [1.29, 1.82) is 0 Å². The number of carbonyl (C=O) groups is 1. The summed E-state index contributed by atoms with van der Waals surface area (Å²) in [4.78, 5) is 20.8. The lowest BCUT2D eigenvalue weighted by Crippen LogP contribution is -2.41. The van der Waals surface area contributed by atoms with E-state index in [0.29, 0.717) is 12.5 Å². The minimum Gasteiger partial charge on any atom is -0.371 e. The van der Waals surface area contributed by atoms with Crippen molar-refractivity contribution in [2.45, 2.75) is 19.4 Å². The fraction of sp³-hybridized carbons (Fsp3) is 0.348. The second kappa shape index (κ2) is 9.51. The van der Waals surface area contributed by atoms with Crippen LogP contribution in [0.25, 0.3) is 5.69 Å². The third-order valence-corrected chi connectivity index (χ3v) is 6.45. The van der Waals surface area contributed by atoms with Gasteiger partial charge in [0.15, 0.2) is 0 Å². The first-order valence-electron chi connectivity index (χ1n) is 10.5. The van der Waals surface area contributed by atoms with Gasteiger partial charge in [0.25, 0.3) is 0 Å². The lowest BCUT2D eigenvalue weighted by atomic mass is 10.1. The van der Waals surface area contributed by atoms with Crippen LogP contribution in [-0.2, 0) is 0 Å². The molecule has 1 saturated heterocycles. The van der Waals surface area contributed by atoms with Crippen molar-refractivity contribution < 1.29 is 4.79 Å². The van der Waals surface area contributed by atoms with Gasteiger partial charge in [-0.1, -0.05) is 34.1 Å². The van der Waals surface area contributed by atoms with Crippen LogP contribution >= 0.6 is 15.9 Å². The van der Waals surface area contributed by atoms with Crippen molar-refractivity contribution in [3.8, 4) is 5.69 Å². The molecule has 2 aromatic carbocycles. The van der Waals surface area contributed by atoms with E-state index < -0.39 is 0 Å². The van der Waals surface area contributed by atoms with E-state index in [0.717, 1.165) is 35.2 Å². The number of urea groups is 1. The average Bonchev–Trinajstić information content (AvgIpc) is 3.49. The molecule has 1 aliphatic heterocycles. The molecule has 7 nitrogen and oxygen atoms in total. The van der Waals surface area contributed by atoms with Gasteiger partial charge < -0.3 is 15.1 Å². The van der Waals surface area contributed by atoms with Gasteiger partial charge in [0.2, 0.25) is 0 Å². The van der Waals surface area contributed by atoms with E-state index >= 15 is 0 Å². The molecular formula is C23H27BrN6O. The zero-order valence-electron chi connectivity index (χ0n) is 17.8. The molecule has 1 N–H and O–H groups in total. The van der Waals surface area contributed by atoms with Crippen molar-refractivity contribution >= 4 is 27.6 Å². The molecule has 0 bridgehead atoms. The van der Waals surface area contributed by atoms with Crippen LogP contribution in [0.2, 0.25) is 0 Å². The van der Waals surface area contributed by atoms with Crippen molar-refractivity contribution in [2.75, 3.05) is 31.6 Å². The molecular weight excluding hydrogens is 456 g/mol. The van der Waals surface area contributed by atoms with E-state index in [-0.39, 0.29) is 12.1 Å². The molecule has 31 heavy (non-hydrogen) atoms. The summed E-state index contributed by atoms with van der Waals surface area (Å²) in [5.74, 6) is 0.452. The molecule has 0 radical (unpaired) electrons. The predicted molar refractivity (Wildman–Crippen MR) is 125 cm³/mol. The molecule has 1 fully saturated rings. The van der Waals surface area contributed by atoms with Crippen LogP contribution in [0.15, 0.2) is 65.7 Å². The smallest absolute Gasteiger partial charge is 0.317 e. The summed E-state index contributed by atoms with van der Waals surface area (Å²) in [5, 5.41) is 7.26. The first-order chi connectivity index (χ1) is 15.0. The number of nitrogens with zero attached hydrogens (tertiary/aromatic N) is 5. The summed E-state index contributed by atoms with van der Waals surface area (Å²) >= 11 is 3.54. The Morgan fingerprint density at radius 1 is 1.26 bits per heavy atom. The zero-order chi connectivity index (χ0) is 21.8. The van der Waals surface area contributed by atoms with Crippen LogP contribution in [0.5, 0.6) is 0 Å². The van der Waals surface area contributed by atoms with Gasteiger partial charge in [-0.2, -0.15) is 5.10 Å². The summed E-state index contributed by atoms with van der Waals surface area (Å²) < 4.78 is 2.80. The Morgan fingerprint density at radius 2 is 2.06 bits per heavy atom. The number of rotatable bonds is 6. The van der Waals surface area contributed by atoms with E-state index in [1.54, 1.807) is 15.9 Å². The highest BCUT2D eigenvalue weighted by molar-refractivity contribution is 9.10. The molecule has 162 valence electrons. The first kappa shape index (κ1) is 21.4. The molecule has 1 aliphatic rings. The topological polar surface area (TPSA) is 66.3 Å². The standard InChI is InChI=1S/C23H27BrN6O/c1-17(19-6-8-21(9-7-19)30-16-25-15-27-30)28(2)23(31)26-13-18-10-11-29(14-18)22-5-3-4-20(24)12-22/h3-9,12,15-18H,10-11,13-14H2,1-2H3,(H,26,31). The SMILES string of the molecule is CC(c1ccc(-n2cncn2)cc1)N(C)C(=O)NCC1CCN(c2cccc(Br)c2)C1. The van der Waals surface area contributed by atoms with Crippen LogP contribution < -0.4 is 10.2 Å². The molecule has 0 aliphatic carbocycles. The maximum Gasteiger partial charge on any atom is 0.317 e. The molecule has 3 aromatic rings. The highest BCUT2D eigenvalue weighted by Crippen LogP contribution is 2.26. The maximum atomic E-state index is 12.7. The minimum atomic E-state index is -0.0474. The summed E-state index contributed by atoms with van der Waals surface area (Å²) in [5.41, 5.74) is 3.24. The van der Waals surface area contributed by atoms with Gasteiger partial charge in [-0.3, -0.25) is 0 Å². The van der Waals surface area contributed by atoms with Gasteiger partial charge in [0.1, 0.15) is 12.7 Å². The van der Waals surface area contributed by atoms with Crippen LogP contribution in [-0.4, -0.2) is 52.4 Å². The van der Waals surface area contributed by atoms with Gasteiger partial charge in [-0.15, -0.1) is 0 Å². The largest absolute Gasteiger partial charge is 0.371 e. The normalized spacial score (nSPS) is 16.9. The fourth-order valence-corrected chi connectivity index (χ4v) is 4.30. The van der Waals surface area contributed by atoms with Crippen molar-refractivity contribution in [1.82, 2.24) is 25.0 Å². The average molecular weight is 483 g/mol. The van der Waals surface area contributed by atoms with E-state index in [2.05, 4.69) is 54.4 Å². The number of aromatic nitrogens is 3. The number of halogens is 1. The number of amides is 2. The second-order valence-corrected chi connectivity index (χ2v) is 8.90. The van der Waals surface area contributed by atoms with Crippen LogP contribution in [0.4, 0.5) is 10.5 Å². The number of hydrogen-bond acceptors (Lipinski definition) is 4. The Labute approximate surface area is 191 Å². The molecule has 2 heterocycles. The van der Waals surface area contributed by atoms with E-state index in [1.807, 2.05) is 44.3 Å². The fourth-order valence-electron chi connectivity index (χ4n) is 3.91. The quantitative estimate of drug-likeness (QED) is 0.569. The molecule has 2 amide bonds. The van der Waals surface area contributed by atoms with Gasteiger partial charge in [-0.05, 0) is 55.2 Å². The minimum absolute atomic E-state index is 0.0356. The number of nitrogens with one attached hydrogen (secondary N) is 1. The number of carbonyl (C=O) groups excluding carboxylic acids is 1. The van der Waals surface area contributed by atoms with Crippen molar-refractivity contribution in [3.05, 3.63) is 71.2 Å². The molecule has 2 unspecified atom stereocenters. The van der Waals surface area contributed by atoms with Gasteiger partial charge in [0.05, 0.1) is 11.7 Å². The van der Waals surface area contributed by atoms with Gasteiger partial charge >= 0.3 is 6.03 Å². The van der Waals surface area contributed by atoms with Crippen LogP contribution in [0, 0.1) is 5.92 Å². The highest BCUT2D eigenvalue weighted by atomic mass is 79.9. The zero-order valence-corrected chi connectivity index (χ0v) is 19.4. The number of anilines is 1. The third kappa shape index (κ3) is 5.07. The van der Waals surface area contributed by atoms with E-state index in [1.165, 1.54) is 12.0 Å².